The molecule has 0 radical (unpaired) electrons. The summed E-state index contributed by atoms with van der Waals surface area (Å²) >= 11 is 1.36. The minimum Gasteiger partial charge on any atom is -0.300 e. The van der Waals surface area contributed by atoms with Gasteiger partial charge in [0, 0.05) is 17.7 Å². The van der Waals surface area contributed by atoms with E-state index in [-0.39, 0.29) is 5.92 Å². The first-order valence-corrected chi connectivity index (χ1v) is 10.3. The molecular weight excluding hydrogens is 334 g/mol. The number of rotatable bonds is 6. The monoisotopic (exact) mass is 361 g/mol. The predicted octanol–water partition coefficient (Wildman–Crippen LogP) is 4.54. The zero-order chi connectivity index (χ0) is 17.6. The minimum atomic E-state index is -0.483. The van der Waals surface area contributed by atoms with Gasteiger partial charge in [-0.3, -0.25) is 14.8 Å². The van der Waals surface area contributed by atoms with Gasteiger partial charge in [0.15, 0.2) is 0 Å². The highest BCUT2D eigenvalue weighted by Gasteiger charge is 2.51. The molecule has 0 aromatic carbocycles. The van der Waals surface area contributed by atoms with Crippen molar-refractivity contribution in [2.75, 3.05) is 0 Å². The molecule has 1 heterocycles. The van der Waals surface area contributed by atoms with Crippen molar-refractivity contribution in [2.45, 2.75) is 64.2 Å². The summed E-state index contributed by atoms with van der Waals surface area (Å²) in [6.45, 7) is 2.06. The summed E-state index contributed by atoms with van der Waals surface area (Å²) < 4.78 is 0. The van der Waals surface area contributed by atoms with Crippen molar-refractivity contribution in [3.8, 4) is 0 Å². The molecule has 25 heavy (non-hydrogen) atoms. The Morgan fingerprint density at radius 1 is 1.20 bits per heavy atom. The predicted molar refractivity (Wildman–Crippen MR) is 96.8 cm³/mol. The number of hydroxylamine groups is 1. The van der Waals surface area contributed by atoms with E-state index in [0.29, 0.717) is 22.5 Å². The van der Waals surface area contributed by atoms with Crippen LogP contribution in [0.3, 0.4) is 0 Å². The van der Waals surface area contributed by atoms with Crippen molar-refractivity contribution in [3.05, 3.63) is 21.9 Å². The van der Waals surface area contributed by atoms with E-state index < -0.39 is 5.91 Å². The number of amides is 1. The average molecular weight is 362 g/mol. The second-order valence-corrected chi connectivity index (χ2v) is 10.00. The van der Waals surface area contributed by atoms with E-state index in [1.54, 1.807) is 11.5 Å². The van der Waals surface area contributed by atoms with Crippen molar-refractivity contribution in [1.82, 2.24) is 5.48 Å². The van der Waals surface area contributed by atoms with Crippen LogP contribution in [0.5, 0.6) is 0 Å². The van der Waals surface area contributed by atoms with Crippen LogP contribution in [0.25, 0.3) is 0 Å². The summed E-state index contributed by atoms with van der Waals surface area (Å²) in [6.07, 6.45) is 9.38. The fourth-order valence-electron chi connectivity index (χ4n) is 6.23. The van der Waals surface area contributed by atoms with E-state index in [4.69, 9.17) is 5.21 Å². The van der Waals surface area contributed by atoms with Gasteiger partial charge in [-0.2, -0.15) is 0 Å². The fourth-order valence-corrected chi connectivity index (χ4v) is 7.18. The molecule has 0 saturated heterocycles. The van der Waals surface area contributed by atoms with E-state index >= 15 is 0 Å². The van der Waals surface area contributed by atoms with Crippen molar-refractivity contribution >= 4 is 23.0 Å². The highest BCUT2D eigenvalue weighted by molar-refractivity contribution is 7.14. The number of hydrogen-bond donors (Lipinski definition) is 2. The van der Waals surface area contributed by atoms with Crippen LogP contribution in [0.4, 0.5) is 0 Å². The minimum absolute atomic E-state index is 0.131. The van der Waals surface area contributed by atoms with Gasteiger partial charge in [0.05, 0.1) is 4.88 Å². The van der Waals surface area contributed by atoms with Gasteiger partial charge in [0.25, 0.3) is 5.91 Å². The molecular formula is C20H27NO3S. The van der Waals surface area contributed by atoms with Crippen LogP contribution in [0, 0.1) is 23.2 Å². The van der Waals surface area contributed by atoms with Gasteiger partial charge in [-0.1, -0.05) is 6.92 Å². The Morgan fingerprint density at radius 3 is 2.36 bits per heavy atom. The van der Waals surface area contributed by atoms with E-state index in [2.05, 4.69) is 6.92 Å². The second kappa shape index (κ2) is 6.51. The molecule has 2 N–H and O–H groups in total. The lowest BCUT2D eigenvalue weighted by Crippen LogP contribution is -2.46. The first kappa shape index (κ1) is 17.2. The zero-order valence-corrected chi connectivity index (χ0v) is 15.6. The van der Waals surface area contributed by atoms with Crippen LogP contribution in [0.2, 0.25) is 0 Å². The third-order valence-electron chi connectivity index (χ3n) is 6.71. The van der Waals surface area contributed by atoms with Crippen molar-refractivity contribution < 1.29 is 14.8 Å². The topological polar surface area (TPSA) is 66.4 Å². The van der Waals surface area contributed by atoms with Gasteiger partial charge in [-0.05, 0) is 79.7 Å². The Kier molecular flexibility index (Phi) is 4.49. The molecule has 1 aromatic rings. The Labute approximate surface area is 153 Å². The maximum Gasteiger partial charge on any atom is 0.284 e. The van der Waals surface area contributed by atoms with Crippen LogP contribution < -0.4 is 5.48 Å². The first-order valence-electron chi connectivity index (χ1n) is 9.52. The number of thiophene rings is 1. The van der Waals surface area contributed by atoms with Crippen LogP contribution in [0.1, 0.15) is 78.8 Å². The molecule has 4 saturated carbocycles. The standard InChI is InChI=1S/C20H27NO3S/c1-12(17-2-3-18(25-17)19(23)21-24)4-16(22)11-20-8-13-5-14(9-20)7-15(6-13)10-20/h2-3,12-15,24H,4-11H2,1H3,(H,21,23)/t12-,13?,14?,15?,20?/m0/s1. The molecule has 136 valence electrons. The number of hydrogen-bond acceptors (Lipinski definition) is 4. The van der Waals surface area contributed by atoms with Gasteiger partial charge < -0.3 is 0 Å². The number of carbonyl (C=O) groups is 2. The maximum atomic E-state index is 12.8. The van der Waals surface area contributed by atoms with Crippen molar-refractivity contribution in [3.63, 3.8) is 0 Å². The highest BCUT2D eigenvalue weighted by Crippen LogP contribution is 2.61. The smallest absolute Gasteiger partial charge is 0.284 e. The quantitative estimate of drug-likeness (QED) is 0.577. The molecule has 0 spiro atoms. The molecule has 4 aliphatic carbocycles. The number of nitrogens with one attached hydrogen (secondary N) is 1. The van der Waals surface area contributed by atoms with E-state index in [0.717, 1.165) is 29.1 Å². The lowest BCUT2D eigenvalue weighted by Gasteiger charge is -2.56. The normalized spacial score (nSPS) is 34.1. The van der Waals surface area contributed by atoms with Gasteiger partial charge >= 0.3 is 0 Å². The zero-order valence-electron chi connectivity index (χ0n) is 14.8. The van der Waals surface area contributed by atoms with Crippen LogP contribution >= 0.6 is 11.3 Å². The summed E-state index contributed by atoms with van der Waals surface area (Å²) in [6, 6.07) is 3.61. The summed E-state index contributed by atoms with van der Waals surface area (Å²) in [5.74, 6) is 2.68. The lowest BCUT2D eigenvalue weighted by atomic mass is 9.48. The first-order chi connectivity index (χ1) is 12.0. The van der Waals surface area contributed by atoms with Gasteiger partial charge in [0.1, 0.15) is 5.78 Å². The summed E-state index contributed by atoms with van der Waals surface area (Å²) in [5, 5.41) is 8.72. The molecule has 5 heteroatoms. The molecule has 0 unspecified atom stereocenters. The number of ketones is 1. The van der Waals surface area contributed by atoms with Gasteiger partial charge in [-0.25, -0.2) is 5.48 Å². The number of carbonyl (C=O) groups excluding carboxylic acids is 2. The molecule has 1 aromatic heterocycles. The fraction of sp³-hybridized carbons (Fsp3) is 0.700. The molecule has 4 fully saturated rings. The van der Waals surface area contributed by atoms with Gasteiger partial charge in [-0.15, -0.1) is 11.3 Å². The van der Waals surface area contributed by atoms with Crippen molar-refractivity contribution in [1.29, 1.82) is 0 Å². The van der Waals surface area contributed by atoms with Crippen LogP contribution in [-0.2, 0) is 4.79 Å². The second-order valence-electron chi connectivity index (χ2n) is 8.88. The molecule has 1 amide bonds. The van der Waals surface area contributed by atoms with E-state index in [1.165, 1.54) is 49.9 Å². The lowest BCUT2D eigenvalue weighted by molar-refractivity contribution is -0.127. The Balaban J connectivity index is 1.37. The van der Waals surface area contributed by atoms with Crippen LogP contribution in [0.15, 0.2) is 12.1 Å². The molecule has 5 rings (SSSR count). The molecule has 4 bridgehead atoms. The molecule has 0 aliphatic heterocycles. The molecule has 1 atom stereocenters. The molecule has 4 aliphatic rings. The third kappa shape index (κ3) is 3.41. The van der Waals surface area contributed by atoms with E-state index in [1.807, 2.05) is 6.07 Å². The Morgan fingerprint density at radius 2 is 1.80 bits per heavy atom. The van der Waals surface area contributed by atoms with E-state index in [9.17, 15) is 9.59 Å². The SMILES string of the molecule is C[C@@H](CC(=O)CC12CC3CC(CC(C3)C1)C2)c1ccc(C(=O)NO)s1. The molecule has 4 nitrogen and oxygen atoms in total. The average Bonchev–Trinajstić information content (AvgIpc) is 3.02. The largest absolute Gasteiger partial charge is 0.300 e. The van der Waals surface area contributed by atoms with Gasteiger partial charge in [0.2, 0.25) is 0 Å². The summed E-state index contributed by atoms with van der Waals surface area (Å²) in [7, 11) is 0. The van der Waals surface area contributed by atoms with Crippen molar-refractivity contribution in [2.24, 2.45) is 23.2 Å². The Hall–Kier alpha value is -1.20. The maximum absolute atomic E-state index is 12.8. The summed E-state index contributed by atoms with van der Waals surface area (Å²) in [5.41, 5.74) is 1.97. The third-order valence-corrected chi connectivity index (χ3v) is 8.02. The van der Waals surface area contributed by atoms with Crippen LogP contribution in [-0.4, -0.2) is 16.9 Å². The summed E-state index contributed by atoms with van der Waals surface area (Å²) in [4.78, 5) is 25.8. The number of Topliss-reactive ketones (excluding diaryl/α,β-unsaturated/α-hetero) is 1. The highest BCUT2D eigenvalue weighted by atomic mass is 32.1. The Bertz CT molecular complexity index is 645.